The van der Waals surface area contributed by atoms with E-state index in [2.05, 4.69) is 0 Å². The maximum Gasteiger partial charge on any atom is 0.410 e. The minimum atomic E-state index is -0.422. The van der Waals surface area contributed by atoms with E-state index < -0.39 is 5.60 Å². The zero-order valence-electron chi connectivity index (χ0n) is 10.3. The first kappa shape index (κ1) is 12.3. The van der Waals surface area contributed by atoms with Gasteiger partial charge in [0.1, 0.15) is 11.2 Å². The normalized spacial score (nSPS) is 19.7. The Morgan fingerprint density at radius 1 is 1.40 bits per heavy atom. The van der Waals surface area contributed by atoms with Crippen LogP contribution in [0.1, 0.15) is 34.6 Å². The standard InChI is InChI=1S/C11H21NO3/c1-6-14-11(5)7-12(8-11)9(13)15-10(2,3)4/h6-8H2,1-5H3. The van der Waals surface area contributed by atoms with Gasteiger partial charge in [0.15, 0.2) is 0 Å². The molecule has 88 valence electrons. The number of nitrogens with zero attached hydrogens (tertiary/aromatic N) is 1. The van der Waals surface area contributed by atoms with Crippen LogP contribution >= 0.6 is 0 Å². The molecule has 0 aromatic carbocycles. The van der Waals surface area contributed by atoms with Gasteiger partial charge in [-0.2, -0.15) is 0 Å². The number of hydrogen-bond acceptors (Lipinski definition) is 3. The highest BCUT2D eigenvalue weighted by Crippen LogP contribution is 2.26. The lowest BCUT2D eigenvalue weighted by molar-refractivity contribution is -0.125. The molecule has 0 atom stereocenters. The smallest absolute Gasteiger partial charge is 0.410 e. The van der Waals surface area contributed by atoms with Crippen LogP contribution in [-0.4, -0.2) is 41.9 Å². The molecule has 0 aliphatic carbocycles. The predicted molar refractivity (Wildman–Crippen MR) is 57.8 cm³/mol. The molecular weight excluding hydrogens is 194 g/mol. The summed E-state index contributed by atoms with van der Waals surface area (Å²) in [6.45, 7) is 11.5. The second-order valence-electron chi connectivity index (χ2n) is 5.22. The lowest BCUT2D eigenvalue weighted by Crippen LogP contribution is -2.63. The van der Waals surface area contributed by atoms with Gasteiger partial charge >= 0.3 is 6.09 Å². The van der Waals surface area contributed by atoms with Crippen molar-refractivity contribution >= 4 is 6.09 Å². The molecule has 0 radical (unpaired) electrons. The zero-order chi connectivity index (χ0) is 11.7. The number of carbonyl (C=O) groups is 1. The molecule has 0 aromatic rings. The van der Waals surface area contributed by atoms with Crippen molar-refractivity contribution in [3.63, 3.8) is 0 Å². The van der Waals surface area contributed by atoms with Crippen molar-refractivity contribution in [1.29, 1.82) is 0 Å². The number of carbonyl (C=O) groups excluding carboxylic acids is 1. The minimum absolute atomic E-state index is 0.175. The van der Waals surface area contributed by atoms with Crippen molar-refractivity contribution < 1.29 is 14.3 Å². The van der Waals surface area contributed by atoms with Crippen LogP contribution in [0, 0.1) is 0 Å². The van der Waals surface area contributed by atoms with E-state index in [1.54, 1.807) is 4.90 Å². The van der Waals surface area contributed by atoms with Crippen molar-refractivity contribution in [3.8, 4) is 0 Å². The summed E-state index contributed by atoms with van der Waals surface area (Å²) in [4.78, 5) is 13.2. The van der Waals surface area contributed by atoms with Gasteiger partial charge in [-0.3, -0.25) is 0 Å². The van der Waals surface area contributed by atoms with E-state index >= 15 is 0 Å². The number of likely N-dealkylation sites (tertiary alicyclic amines) is 1. The monoisotopic (exact) mass is 215 g/mol. The molecule has 0 bridgehead atoms. The number of hydrogen-bond donors (Lipinski definition) is 0. The maximum absolute atomic E-state index is 11.6. The Labute approximate surface area is 91.5 Å². The number of rotatable bonds is 2. The highest BCUT2D eigenvalue weighted by Gasteiger charge is 2.43. The molecule has 1 aliphatic heterocycles. The van der Waals surface area contributed by atoms with Crippen LogP contribution in [0.15, 0.2) is 0 Å². The third-order valence-electron chi connectivity index (χ3n) is 2.20. The Balaban J connectivity index is 2.35. The van der Waals surface area contributed by atoms with Crippen molar-refractivity contribution in [2.24, 2.45) is 0 Å². The molecule has 15 heavy (non-hydrogen) atoms. The fraction of sp³-hybridized carbons (Fsp3) is 0.909. The largest absolute Gasteiger partial charge is 0.444 e. The number of ether oxygens (including phenoxy) is 2. The first-order valence-electron chi connectivity index (χ1n) is 5.38. The molecule has 0 spiro atoms. The van der Waals surface area contributed by atoms with E-state index in [0.29, 0.717) is 19.7 Å². The topological polar surface area (TPSA) is 38.8 Å². The van der Waals surface area contributed by atoms with Crippen LogP contribution < -0.4 is 0 Å². The first-order valence-corrected chi connectivity index (χ1v) is 5.38. The highest BCUT2D eigenvalue weighted by molar-refractivity contribution is 5.69. The van der Waals surface area contributed by atoms with Crippen LogP contribution in [0.3, 0.4) is 0 Å². The third kappa shape index (κ3) is 3.38. The molecule has 4 nitrogen and oxygen atoms in total. The molecule has 4 heteroatoms. The molecule has 0 unspecified atom stereocenters. The van der Waals surface area contributed by atoms with Crippen LogP contribution in [0.5, 0.6) is 0 Å². The second-order valence-corrected chi connectivity index (χ2v) is 5.22. The van der Waals surface area contributed by atoms with Gasteiger partial charge in [0.2, 0.25) is 0 Å². The Morgan fingerprint density at radius 3 is 2.33 bits per heavy atom. The lowest BCUT2D eigenvalue weighted by Gasteiger charge is -2.47. The fourth-order valence-electron chi connectivity index (χ4n) is 1.66. The van der Waals surface area contributed by atoms with E-state index in [-0.39, 0.29) is 11.7 Å². The van der Waals surface area contributed by atoms with Crippen LogP contribution in [-0.2, 0) is 9.47 Å². The summed E-state index contributed by atoms with van der Waals surface area (Å²) >= 11 is 0. The van der Waals surface area contributed by atoms with Gasteiger partial charge in [-0.1, -0.05) is 0 Å². The fourth-order valence-corrected chi connectivity index (χ4v) is 1.66. The first-order chi connectivity index (χ1) is 6.76. The van der Waals surface area contributed by atoms with Crippen molar-refractivity contribution in [2.45, 2.75) is 45.8 Å². The zero-order valence-corrected chi connectivity index (χ0v) is 10.3. The average molecular weight is 215 g/mol. The van der Waals surface area contributed by atoms with E-state index in [0.717, 1.165) is 0 Å². The summed E-state index contributed by atoms with van der Waals surface area (Å²) in [6.07, 6.45) is -0.250. The minimum Gasteiger partial charge on any atom is -0.444 e. The summed E-state index contributed by atoms with van der Waals surface area (Å²) in [6, 6.07) is 0. The SMILES string of the molecule is CCOC1(C)CN(C(=O)OC(C)(C)C)C1. The van der Waals surface area contributed by atoms with Crippen molar-refractivity contribution in [1.82, 2.24) is 4.90 Å². The summed E-state index contributed by atoms with van der Waals surface area (Å²) < 4.78 is 10.8. The second kappa shape index (κ2) is 4.00. The molecule has 1 rings (SSSR count). The van der Waals surface area contributed by atoms with Crippen molar-refractivity contribution in [2.75, 3.05) is 19.7 Å². The lowest BCUT2D eigenvalue weighted by atomic mass is 9.97. The van der Waals surface area contributed by atoms with Gasteiger partial charge in [-0.05, 0) is 34.6 Å². The molecule has 1 aliphatic rings. The van der Waals surface area contributed by atoms with Crippen LogP contribution in [0.25, 0.3) is 0 Å². The molecule has 0 N–H and O–H groups in total. The molecule has 0 aromatic heterocycles. The Morgan fingerprint density at radius 2 is 1.93 bits per heavy atom. The molecule has 1 saturated heterocycles. The van der Waals surface area contributed by atoms with Crippen LogP contribution in [0.2, 0.25) is 0 Å². The Bertz CT molecular complexity index is 239. The Kier molecular flexibility index (Phi) is 3.28. The van der Waals surface area contributed by atoms with E-state index in [1.165, 1.54) is 0 Å². The Hall–Kier alpha value is -0.770. The average Bonchev–Trinajstić information content (AvgIpc) is 1.96. The van der Waals surface area contributed by atoms with Gasteiger partial charge in [0.05, 0.1) is 13.1 Å². The van der Waals surface area contributed by atoms with Crippen molar-refractivity contribution in [3.05, 3.63) is 0 Å². The van der Waals surface area contributed by atoms with E-state index in [4.69, 9.17) is 9.47 Å². The van der Waals surface area contributed by atoms with Gasteiger partial charge < -0.3 is 14.4 Å². The maximum atomic E-state index is 11.6. The van der Waals surface area contributed by atoms with Gasteiger partial charge in [0, 0.05) is 6.61 Å². The summed E-state index contributed by atoms with van der Waals surface area (Å²) in [7, 11) is 0. The summed E-state index contributed by atoms with van der Waals surface area (Å²) in [5.41, 5.74) is -0.597. The van der Waals surface area contributed by atoms with E-state index in [1.807, 2.05) is 34.6 Å². The molecular formula is C11H21NO3. The van der Waals surface area contributed by atoms with E-state index in [9.17, 15) is 4.79 Å². The highest BCUT2D eigenvalue weighted by atomic mass is 16.6. The van der Waals surface area contributed by atoms with Crippen LogP contribution in [0.4, 0.5) is 4.79 Å². The molecule has 1 amide bonds. The van der Waals surface area contributed by atoms with Gasteiger partial charge in [-0.25, -0.2) is 4.79 Å². The summed E-state index contributed by atoms with van der Waals surface area (Å²) in [5, 5.41) is 0. The summed E-state index contributed by atoms with van der Waals surface area (Å²) in [5.74, 6) is 0. The molecule has 1 heterocycles. The van der Waals surface area contributed by atoms with Gasteiger partial charge in [0.25, 0.3) is 0 Å². The predicted octanol–water partition coefficient (Wildman–Crippen LogP) is 2.03. The number of amides is 1. The third-order valence-corrected chi connectivity index (χ3v) is 2.20. The quantitative estimate of drug-likeness (QED) is 0.707. The van der Waals surface area contributed by atoms with Gasteiger partial charge in [-0.15, -0.1) is 0 Å². The molecule has 1 fully saturated rings. The molecule has 0 saturated carbocycles.